The molecule has 0 radical (unpaired) electrons. The van der Waals surface area contributed by atoms with E-state index in [1.54, 1.807) is 36.4 Å². The van der Waals surface area contributed by atoms with Crippen LogP contribution in [0.25, 0.3) is 0 Å². The molecule has 140 valence electrons. The molecule has 0 atom stereocenters. The first kappa shape index (κ1) is 18.8. The Balaban J connectivity index is 1.78. The summed E-state index contributed by atoms with van der Waals surface area (Å²) >= 11 is 0. The first-order valence-electron chi connectivity index (χ1n) is 8.61. The fraction of sp³-hybridized carbons (Fsp3) is 0.0455. The fourth-order valence-corrected chi connectivity index (χ4v) is 2.72. The van der Waals surface area contributed by atoms with Gasteiger partial charge in [-0.15, -0.1) is 0 Å². The van der Waals surface area contributed by atoms with Crippen molar-refractivity contribution in [2.24, 2.45) is 0 Å². The lowest BCUT2D eigenvalue weighted by molar-refractivity contribution is 0.0692. The van der Waals surface area contributed by atoms with E-state index in [1.807, 2.05) is 30.3 Å². The van der Waals surface area contributed by atoms with E-state index in [0.717, 1.165) is 5.56 Å². The summed E-state index contributed by atoms with van der Waals surface area (Å²) in [6.07, 6.45) is 0. The zero-order valence-electron chi connectivity index (χ0n) is 14.9. The highest BCUT2D eigenvalue weighted by Crippen LogP contribution is 2.18. The Morgan fingerprint density at radius 2 is 1.25 bits per heavy atom. The molecule has 3 rings (SSSR count). The van der Waals surface area contributed by atoms with Gasteiger partial charge in [0.2, 0.25) is 0 Å². The summed E-state index contributed by atoms with van der Waals surface area (Å²) in [7, 11) is 0. The van der Waals surface area contributed by atoms with Crippen molar-refractivity contribution in [2.75, 3.05) is 5.32 Å². The van der Waals surface area contributed by atoms with Gasteiger partial charge in [-0.05, 0) is 29.8 Å². The van der Waals surface area contributed by atoms with Gasteiger partial charge >= 0.3 is 5.97 Å². The normalized spacial score (nSPS) is 10.1. The standard InChI is InChI=1S/C22H18N2O4/c25-20(23-14-15-8-2-1-3-9-15)18-12-6-7-13-19(18)24-21(26)16-10-4-5-11-17(16)22(27)28/h1-13H,14H2,(H,23,25)(H,24,26)(H,27,28). The molecule has 2 amide bonds. The predicted octanol–water partition coefficient (Wildman–Crippen LogP) is 3.57. The zero-order chi connectivity index (χ0) is 19.9. The van der Waals surface area contributed by atoms with Gasteiger partial charge in [-0.2, -0.15) is 0 Å². The molecule has 0 fully saturated rings. The van der Waals surface area contributed by atoms with Gasteiger partial charge in [0.05, 0.1) is 22.4 Å². The molecule has 6 nitrogen and oxygen atoms in total. The quantitative estimate of drug-likeness (QED) is 0.615. The lowest BCUT2D eigenvalue weighted by atomic mass is 10.1. The average Bonchev–Trinajstić information content (AvgIpc) is 2.73. The maximum absolute atomic E-state index is 12.6. The Bertz CT molecular complexity index is 1020. The van der Waals surface area contributed by atoms with Crippen LogP contribution in [0.4, 0.5) is 5.69 Å². The van der Waals surface area contributed by atoms with E-state index in [0.29, 0.717) is 17.8 Å². The molecule has 3 aromatic rings. The summed E-state index contributed by atoms with van der Waals surface area (Å²) in [6.45, 7) is 0.351. The number of carbonyl (C=O) groups is 3. The number of carboxylic acid groups (broad SMARTS) is 1. The van der Waals surface area contributed by atoms with Crippen LogP contribution in [0.15, 0.2) is 78.9 Å². The van der Waals surface area contributed by atoms with Crippen molar-refractivity contribution in [2.45, 2.75) is 6.54 Å². The van der Waals surface area contributed by atoms with Crippen LogP contribution in [-0.2, 0) is 6.54 Å². The number of carboxylic acids is 1. The minimum atomic E-state index is -1.19. The molecule has 0 heterocycles. The summed E-state index contributed by atoms with van der Waals surface area (Å²) in [5, 5.41) is 14.7. The largest absolute Gasteiger partial charge is 0.478 e. The number of carbonyl (C=O) groups excluding carboxylic acids is 2. The Kier molecular flexibility index (Phi) is 5.81. The van der Waals surface area contributed by atoms with Crippen LogP contribution < -0.4 is 10.6 Å². The van der Waals surface area contributed by atoms with Crippen molar-refractivity contribution in [3.63, 3.8) is 0 Å². The topological polar surface area (TPSA) is 95.5 Å². The van der Waals surface area contributed by atoms with E-state index in [9.17, 15) is 19.5 Å². The Morgan fingerprint density at radius 3 is 1.93 bits per heavy atom. The number of benzene rings is 3. The fourth-order valence-electron chi connectivity index (χ4n) is 2.72. The molecule has 0 unspecified atom stereocenters. The van der Waals surface area contributed by atoms with Gasteiger partial charge in [-0.3, -0.25) is 9.59 Å². The van der Waals surface area contributed by atoms with E-state index in [-0.39, 0.29) is 17.0 Å². The number of aromatic carboxylic acids is 1. The lowest BCUT2D eigenvalue weighted by Crippen LogP contribution is -2.25. The molecule has 0 aromatic heterocycles. The number of anilines is 1. The number of amides is 2. The molecule has 6 heteroatoms. The lowest BCUT2D eigenvalue weighted by Gasteiger charge is -2.12. The Labute approximate surface area is 161 Å². The van der Waals surface area contributed by atoms with Crippen molar-refractivity contribution in [1.29, 1.82) is 0 Å². The minimum Gasteiger partial charge on any atom is -0.478 e. The highest BCUT2D eigenvalue weighted by molar-refractivity contribution is 6.13. The van der Waals surface area contributed by atoms with Crippen LogP contribution in [0, 0.1) is 0 Å². The van der Waals surface area contributed by atoms with Crippen LogP contribution in [0.3, 0.4) is 0 Å². The molecule has 28 heavy (non-hydrogen) atoms. The second-order valence-corrected chi connectivity index (χ2v) is 6.02. The van der Waals surface area contributed by atoms with E-state index in [1.165, 1.54) is 12.1 Å². The molecule has 0 saturated carbocycles. The second kappa shape index (κ2) is 8.64. The third-order valence-corrected chi connectivity index (χ3v) is 4.12. The second-order valence-electron chi connectivity index (χ2n) is 6.02. The molecule has 0 bridgehead atoms. The summed E-state index contributed by atoms with van der Waals surface area (Å²) < 4.78 is 0. The molecule has 0 aliphatic carbocycles. The molecular formula is C22H18N2O4. The first-order chi connectivity index (χ1) is 13.6. The number of hydrogen-bond donors (Lipinski definition) is 3. The van der Waals surface area contributed by atoms with Gasteiger partial charge in [0.1, 0.15) is 0 Å². The number of nitrogens with one attached hydrogen (secondary N) is 2. The van der Waals surface area contributed by atoms with Crippen LogP contribution in [0.2, 0.25) is 0 Å². The average molecular weight is 374 g/mol. The monoisotopic (exact) mass is 374 g/mol. The van der Waals surface area contributed by atoms with Crippen LogP contribution in [0.5, 0.6) is 0 Å². The number of rotatable bonds is 6. The Morgan fingerprint density at radius 1 is 0.679 bits per heavy atom. The smallest absolute Gasteiger partial charge is 0.336 e. The zero-order valence-corrected chi connectivity index (χ0v) is 14.9. The van der Waals surface area contributed by atoms with Crippen molar-refractivity contribution in [1.82, 2.24) is 5.32 Å². The number of hydrogen-bond acceptors (Lipinski definition) is 3. The molecule has 0 aliphatic rings. The van der Waals surface area contributed by atoms with Crippen molar-refractivity contribution in [3.8, 4) is 0 Å². The molecule has 3 aromatic carbocycles. The summed E-state index contributed by atoms with van der Waals surface area (Å²) in [5.74, 6) is -2.13. The number of para-hydroxylation sites is 1. The first-order valence-corrected chi connectivity index (χ1v) is 8.61. The predicted molar refractivity (Wildman–Crippen MR) is 105 cm³/mol. The van der Waals surface area contributed by atoms with Crippen molar-refractivity contribution < 1.29 is 19.5 Å². The Hall–Kier alpha value is -3.93. The summed E-state index contributed by atoms with van der Waals surface area (Å²) in [4.78, 5) is 36.5. The summed E-state index contributed by atoms with van der Waals surface area (Å²) in [5.41, 5.74) is 1.46. The maximum Gasteiger partial charge on any atom is 0.336 e. The molecule has 0 spiro atoms. The van der Waals surface area contributed by atoms with E-state index in [2.05, 4.69) is 10.6 Å². The highest BCUT2D eigenvalue weighted by atomic mass is 16.4. The SMILES string of the molecule is O=C(NCc1ccccc1)c1ccccc1NC(=O)c1ccccc1C(=O)O. The highest BCUT2D eigenvalue weighted by Gasteiger charge is 2.18. The molecule has 0 saturated heterocycles. The van der Waals surface area contributed by atoms with Gasteiger partial charge in [-0.25, -0.2) is 4.79 Å². The van der Waals surface area contributed by atoms with Gasteiger partial charge in [0.25, 0.3) is 11.8 Å². The summed E-state index contributed by atoms with van der Waals surface area (Å²) in [6, 6.07) is 21.9. The third kappa shape index (κ3) is 4.42. The molecule has 3 N–H and O–H groups in total. The van der Waals surface area contributed by atoms with E-state index in [4.69, 9.17) is 0 Å². The van der Waals surface area contributed by atoms with Gasteiger partial charge < -0.3 is 15.7 Å². The van der Waals surface area contributed by atoms with Gasteiger partial charge in [-0.1, -0.05) is 54.6 Å². The third-order valence-electron chi connectivity index (χ3n) is 4.12. The molecular weight excluding hydrogens is 356 g/mol. The van der Waals surface area contributed by atoms with Crippen LogP contribution in [-0.4, -0.2) is 22.9 Å². The van der Waals surface area contributed by atoms with Crippen LogP contribution >= 0.6 is 0 Å². The minimum absolute atomic E-state index is 0.0227. The van der Waals surface area contributed by atoms with Gasteiger partial charge in [0.15, 0.2) is 0 Å². The van der Waals surface area contributed by atoms with Gasteiger partial charge in [0, 0.05) is 6.54 Å². The van der Waals surface area contributed by atoms with Crippen molar-refractivity contribution >= 4 is 23.5 Å². The van der Waals surface area contributed by atoms with E-state index < -0.39 is 11.9 Å². The van der Waals surface area contributed by atoms with E-state index >= 15 is 0 Å². The van der Waals surface area contributed by atoms with Crippen LogP contribution in [0.1, 0.15) is 36.6 Å². The maximum atomic E-state index is 12.6. The van der Waals surface area contributed by atoms with Crippen molar-refractivity contribution in [3.05, 3.63) is 101 Å². The molecule has 0 aliphatic heterocycles.